The van der Waals surface area contributed by atoms with Gasteiger partial charge in [0.2, 0.25) is 5.91 Å². The lowest BCUT2D eigenvalue weighted by Crippen LogP contribution is -2.46. The maximum Gasteiger partial charge on any atom is 0.268 e. The van der Waals surface area contributed by atoms with Crippen molar-refractivity contribution in [3.05, 3.63) is 48.6 Å². The fourth-order valence-corrected chi connectivity index (χ4v) is 7.69. The number of carbonyl (C=O) groups excluding carboxylic acids is 1. The highest BCUT2D eigenvalue weighted by Crippen LogP contribution is 2.38. The Kier molecular flexibility index (Phi) is 40.7. The van der Waals surface area contributed by atoms with Crippen LogP contribution in [0, 0.1) is 0 Å². The number of amides is 1. The van der Waals surface area contributed by atoms with Crippen LogP contribution in [0.1, 0.15) is 213 Å². The van der Waals surface area contributed by atoms with Crippen LogP contribution in [0.2, 0.25) is 0 Å². The summed E-state index contributed by atoms with van der Waals surface area (Å²) in [5.74, 6) is -0.173. The second-order valence-corrected chi connectivity index (χ2v) is 19.2. The van der Waals surface area contributed by atoms with E-state index in [2.05, 4.69) is 67.8 Å². The topological polar surface area (TPSA) is 108 Å². The summed E-state index contributed by atoms with van der Waals surface area (Å²) in [6.07, 6.45) is 53.6. The normalized spacial score (nSPS) is 14.6. The van der Waals surface area contributed by atoms with Crippen LogP contribution in [0.15, 0.2) is 48.6 Å². The van der Waals surface area contributed by atoms with E-state index in [0.29, 0.717) is 23.9 Å². The summed E-state index contributed by atoms with van der Waals surface area (Å²) in [6, 6.07) is -0.794. The molecule has 0 heterocycles. The van der Waals surface area contributed by atoms with Gasteiger partial charge in [-0.25, -0.2) is 0 Å². The second-order valence-electron chi connectivity index (χ2n) is 17.8. The van der Waals surface area contributed by atoms with Crippen molar-refractivity contribution in [3.63, 3.8) is 0 Å². The Balaban J connectivity index is 3.76. The quantitative estimate of drug-likeness (QED) is 0.0274. The van der Waals surface area contributed by atoms with Crippen LogP contribution in [0.5, 0.6) is 0 Å². The average Bonchev–Trinajstić information content (AvgIpc) is 3.19. The lowest BCUT2D eigenvalue weighted by Gasteiger charge is -2.30. The SMILES string of the molecule is CC/C=C\C/C=C\C/C=C\C/C=C\CCCCCCCCCCCCCCCCCCCCCCC(=O)NC(COP(=O)([O-])OCC[N+](C)(C)C)C(O)CCCCCC. The van der Waals surface area contributed by atoms with Gasteiger partial charge in [0.05, 0.1) is 39.9 Å². The highest BCUT2D eigenvalue weighted by molar-refractivity contribution is 7.45. The van der Waals surface area contributed by atoms with Gasteiger partial charge in [0, 0.05) is 6.42 Å². The number of carbonyl (C=O) groups is 1. The molecule has 0 saturated heterocycles. The van der Waals surface area contributed by atoms with Gasteiger partial charge in [-0.1, -0.05) is 204 Å². The first-order chi connectivity index (χ1) is 28.5. The number of unbranched alkanes of at least 4 members (excludes halogenated alkanes) is 23. The molecule has 0 aromatic rings. The summed E-state index contributed by atoms with van der Waals surface area (Å²) in [5.41, 5.74) is 0. The molecule has 0 aliphatic heterocycles. The Morgan fingerprint density at radius 1 is 0.610 bits per heavy atom. The predicted octanol–water partition coefficient (Wildman–Crippen LogP) is 13.4. The number of phosphoric acid groups is 1. The Labute approximate surface area is 365 Å². The summed E-state index contributed by atoms with van der Waals surface area (Å²) in [4.78, 5) is 25.1. The highest BCUT2D eigenvalue weighted by atomic mass is 31.2. The molecule has 8 nitrogen and oxygen atoms in total. The van der Waals surface area contributed by atoms with Crippen molar-refractivity contribution in [2.24, 2.45) is 0 Å². The lowest BCUT2D eigenvalue weighted by atomic mass is 10.0. The van der Waals surface area contributed by atoms with Gasteiger partial charge in [0.25, 0.3) is 7.82 Å². The zero-order chi connectivity index (χ0) is 43.6. The van der Waals surface area contributed by atoms with Gasteiger partial charge in [0.15, 0.2) is 0 Å². The van der Waals surface area contributed by atoms with Crippen LogP contribution >= 0.6 is 7.82 Å². The smallest absolute Gasteiger partial charge is 0.268 e. The number of rotatable bonds is 44. The van der Waals surface area contributed by atoms with E-state index in [9.17, 15) is 19.4 Å². The van der Waals surface area contributed by atoms with Crippen molar-refractivity contribution < 1.29 is 32.9 Å². The summed E-state index contributed by atoms with van der Waals surface area (Å²) >= 11 is 0. The molecule has 1 amide bonds. The van der Waals surface area contributed by atoms with Gasteiger partial charge in [-0.2, -0.15) is 0 Å². The van der Waals surface area contributed by atoms with Crippen LogP contribution in [-0.2, 0) is 18.4 Å². The number of aliphatic hydroxyl groups excluding tert-OH is 1. The molecule has 0 aromatic heterocycles. The molecule has 0 bridgehead atoms. The number of phosphoric ester groups is 1. The first-order valence-electron chi connectivity index (χ1n) is 24.5. The number of hydrogen-bond donors (Lipinski definition) is 2. The maximum atomic E-state index is 12.7. The van der Waals surface area contributed by atoms with Crippen LogP contribution in [0.25, 0.3) is 0 Å². The number of hydrogen-bond acceptors (Lipinski definition) is 6. The summed E-state index contributed by atoms with van der Waals surface area (Å²) in [7, 11) is 1.30. The molecule has 3 atom stereocenters. The molecular weight excluding hydrogens is 756 g/mol. The Bertz CT molecular complexity index is 1100. The number of quaternary nitrogens is 1. The molecule has 2 N–H and O–H groups in total. The first-order valence-corrected chi connectivity index (χ1v) is 25.9. The minimum absolute atomic E-state index is 0.0113. The zero-order valence-electron chi connectivity index (χ0n) is 39.2. The van der Waals surface area contributed by atoms with E-state index < -0.39 is 20.0 Å². The monoisotopic (exact) mass is 851 g/mol. The van der Waals surface area contributed by atoms with Crippen molar-refractivity contribution in [1.29, 1.82) is 0 Å². The van der Waals surface area contributed by atoms with Crippen LogP contribution < -0.4 is 10.2 Å². The zero-order valence-corrected chi connectivity index (χ0v) is 40.1. The highest BCUT2D eigenvalue weighted by Gasteiger charge is 2.24. The standard InChI is InChI=1S/C50H95N2O6P/c1-6-8-10-12-13-14-15-16-17-18-19-20-21-22-23-24-25-26-27-28-29-30-31-32-33-34-35-36-37-38-39-40-42-44-50(54)51-48(49(53)43-41-11-9-7-2)47-58-59(55,56)57-46-45-52(3,4)5/h8,10,13-14,16-17,19-20,48-49,53H,6-7,9,11-12,15,18,21-47H2,1-5H3,(H-,51,54,55,56)/b10-8-,14-13-,17-16-,20-19-. The molecule has 0 aromatic carbocycles. The van der Waals surface area contributed by atoms with Crippen molar-refractivity contribution in [2.75, 3.05) is 40.9 Å². The van der Waals surface area contributed by atoms with E-state index in [1.807, 2.05) is 21.1 Å². The van der Waals surface area contributed by atoms with Gasteiger partial charge >= 0.3 is 0 Å². The molecule has 0 radical (unpaired) electrons. The average molecular weight is 851 g/mol. The van der Waals surface area contributed by atoms with Gasteiger partial charge < -0.3 is 28.8 Å². The van der Waals surface area contributed by atoms with E-state index in [0.717, 1.165) is 70.6 Å². The van der Waals surface area contributed by atoms with Crippen LogP contribution in [0.3, 0.4) is 0 Å². The number of likely N-dealkylation sites (N-methyl/N-ethyl adjacent to an activating group) is 1. The van der Waals surface area contributed by atoms with E-state index in [1.165, 1.54) is 116 Å². The molecule has 9 heteroatoms. The second kappa shape index (κ2) is 41.8. The van der Waals surface area contributed by atoms with Crippen LogP contribution in [-0.4, -0.2) is 68.5 Å². The molecule has 59 heavy (non-hydrogen) atoms. The Hall–Kier alpha value is -1.54. The van der Waals surface area contributed by atoms with E-state index in [-0.39, 0.29) is 19.1 Å². The predicted molar refractivity (Wildman–Crippen MR) is 251 cm³/mol. The molecule has 346 valence electrons. The molecule has 3 unspecified atom stereocenters. The molecule has 0 aliphatic carbocycles. The number of nitrogens with zero attached hydrogens (tertiary/aromatic N) is 1. The maximum absolute atomic E-state index is 12.7. The summed E-state index contributed by atoms with van der Waals surface area (Å²) in [5, 5.41) is 13.6. The van der Waals surface area contributed by atoms with Crippen molar-refractivity contribution in [3.8, 4) is 0 Å². The molecular formula is C50H95N2O6P. The molecule has 0 aliphatic rings. The third-order valence-corrected chi connectivity index (χ3v) is 11.8. The van der Waals surface area contributed by atoms with Crippen molar-refractivity contribution in [2.45, 2.75) is 225 Å². The molecule has 0 rings (SSSR count). The fourth-order valence-electron chi connectivity index (χ4n) is 6.97. The summed E-state index contributed by atoms with van der Waals surface area (Å²) < 4.78 is 23.0. The van der Waals surface area contributed by atoms with Crippen molar-refractivity contribution in [1.82, 2.24) is 5.32 Å². The first kappa shape index (κ1) is 57.5. The van der Waals surface area contributed by atoms with Crippen molar-refractivity contribution >= 4 is 13.7 Å². The summed E-state index contributed by atoms with van der Waals surface area (Å²) in [6.45, 7) is 4.48. The number of aliphatic hydroxyl groups is 1. The minimum atomic E-state index is -4.54. The van der Waals surface area contributed by atoms with Gasteiger partial charge in [-0.15, -0.1) is 0 Å². The van der Waals surface area contributed by atoms with E-state index in [4.69, 9.17) is 9.05 Å². The largest absolute Gasteiger partial charge is 0.756 e. The van der Waals surface area contributed by atoms with Gasteiger partial charge in [-0.3, -0.25) is 9.36 Å². The fraction of sp³-hybridized carbons (Fsp3) is 0.820. The van der Waals surface area contributed by atoms with Crippen LogP contribution in [0.4, 0.5) is 0 Å². The Morgan fingerprint density at radius 3 is 1.49 bits per heavy atom. The third-order valence-electron chi connectivity index (χ3n) is 10.8. The molecule has 0 saturated carbocycles. The Morgan fingerprint density at radius 2 is 1.03 bits per heavy atom. The minimum Gasteiger partial charge on any atom is -0.756 e. The van der Waals surface area contributed by atoms with E-state index >= 15 is 0 Å². The van der Waals surface area contributed by atoms with E-state index in [1.54, 1.807) is 0 Å². The number of allylic oxidation sites excluding steroid dienone is 8. The van der Waals surface area contributed by atoms with Gasteiger partial charge in [0.1, 0.15) is 13.2 Å². The molecule has 0 fully saturated rings. The third kappa shape index (κ3) is 44.3. The van der Waals surface area contributed by atoms with Gasteiger partial charge in [-0.05, 0) is 51.4 Å². The molecule has 0 spiro atoms. The lowest BCUT2D eigenvalue weighted by molar-refractivity contribution is -0.870. The number of nitrogens with one attached hydrogen (secondary N) is 1.